The van der Waals surface area contributed by atoms with E-state index in [9.17, 15) is 9.59 Å². The highest BCUT2D eigenvalue weighted by Crippen LogP contribution is 2.27. The van der Waals surface area contributed by atoms with E-state index in [1.807, 2.05) is 72.8 Å². The molecule has 0 heterocycles. The van der Waals surface area contributed by atoms with Crippen LogP contribution in [0.5, 0.6) is 5.75 Å². The summed E-state index contributed by atoms with van der Waals surface area (Å²) in [6.07, 6.45) is 6.75. The van der Waals surface area contributed by atoms with Crippen LogP contribution in [0.15, 0.2) is 81.7 Å². The molecular formula is C32H36Br2N2O3. The van der Waals surface area contributed by atoms with Gasteiger partial charge in [0.25, 0.3) is 5.91 Å². The third-order valence-corrected chi connectivity index (χ3v) is 8.39. The number of hydrogen-bond acceptors (Lipinski definition) is 3. The maximum Gasteiger partial charge on any atom is 0.261 e. The number of rotatable bonds is 11. The number of halogens is 2. The summed E-state index contributed by atoms with van der Waals surface area (Å²) in [7, 11) is 0. The summed E-state index contributed by atoms with van der Waals surface area (Å²) < 4.78 is 7.76. The van der Waals surface area contributed by atoms with Crippen molar-refractivity contribution in [2.45, 2.75) is 70.5 Å². The largest absolute Gasteiger partial charge is 0.483 e. The zero-order valence-electron chi connectivity index (χ0n) is 22.4. The van der Waals surface area contributed by atoms with Crippen LogP contribution in [0.25, 0.3) is 0 Å². The molecule has 3 aromatic rings. The molecule has 0 unspecified atom stereocenters. The molecule has 0 aliphatic heterocycles. The molecule has 0 aromatic heterocycles. The first-order chi connectivity index (χ1) is 18.9. The highest BCUT2D eigenvalue weighted by atomic mass is 79.9. The van der Waals surface area contributed by atoms with Gasteiger partial charge in [0.05, 0.1) is 4.47 Å². The summed E-state index contributed by atoms with van der Waals surface area (Å²) in [6, 6.07) is 23.1. The van der Waals surface area contributed by atoms with E-state index < -0.39 is 6.04 Å². The van der Waals surface area contributed by atoms with Crippen molar-refractivity contribution >= 4 is 43.7 Å². The SMILES string of the molecule is CCc1ccc(OCC(=O)N(Cc2ccc(Br)cc2)[C@@H](Cc2ccccc2)C(=O)NC2CCCCC2)c(Br)c1. The quantitative estimate of drug-likeness (QED) is 0.237. The number of hydrogen-bond donors (Lipinski definition) is 1. The van der Waals surface area contributed by atoms with E-state index in [1.54, 1.807) is 4.90 Å². The van der Waals surface area contributed by atoms with E-state index >= 15 is 0 Å². The fraction of sp³-hybridized carbons (Fsp3) is 0.375. The number of carbonyl (C=O) groups excluding carboxylic acids is 2. The highest BCUT2D eigenvalue weighted by Gasteiger charge is 2.32. The van der Waals surface area contributed by atoms with Gasteiger partial charge in [0.2, 0.25) is 5.91 Å². The molecule has 0 bridgehead atoms. The molecule has 0 saturated heterocycles. The fourth-order valence-electron chi connectivity index (χ4n) is 4.99. The minimum Gasteiger partial charge on any atom is -0.483 e. The number of nitrogens with zero attached hydrogens (tertiary/aromatic N) is 1. The molecule has 1 fully saturated rings. The van der Waals surface area contributed by atoms with Crippen molar-refractivity contribution in [2.75, 3.05) is 6.61 Å². The topological polar surface area (TPSA) is 58.6 Å². The Kier molecular flexibility index (Phi) is 11.0. The molecule has 5 nitrogen and oxygen atoms in total. The average Bonchev–Trinajstić information content (AvgIpc) is 2.96. The Balaban J connectivity index is 1.60. The van der Waals surface area contributed by atoms with Gasteiger partial charge < -0.3 is 15.0 Å². The predicted octanol–water partition coefficient (Wildman–Crippen LogP) is 7.24. The highest BCUT2D eigenvalue weighted by molar-refractivity contribution is 9.10. The molecule has 1 aliphatic carbocycles. The maximum absolute atomic E-state index is 13.8. The van der Waals surface area contributed by atoms with Crippen molar-refractivity contribution in [2.24, 2.45) is 0 Å². The molecule has 4 rings (SSSR count). The van der Waals surface area contributed by atoms with Crippen LogP contribution in [0.2, 0.25) is 0 Å². The van der Waals surface area contributed by atoms with Crippen LogP contribution in [0.1, 0.15) is 55.7 Å². The Hall–Kier alpha value is -2.64. The van der Waals surface area contributed by atoms with Gasteiger partial charge in [0, 0.05) is 23.5 Å². The standard InChI is InChI=1S/C32H36Br2N2O3/c1-2-23-15-18-30(28(34)19-23)39-22-31(37)36(21-25-13-16-26(33)17-14-25)29(20-24-9-5-3-6-10-24)32(38)35-27-11-7-4-8-12-27/h3,5-6,9-10,13-19,27,29H,2,4,7-8,11-12,20-22H2,1H3,(H,35,38)/t29-/m0/s1. The van der Waals surface area contributed by atoms with Gasteiger partial charge in [-0.05, 0) is 76.1 Å². The molecule has 2 amide bonds. The molecule has 1 saturated carbocycles. The molecule has 3 aromatic carbocycles. The normalized spacial score (nSPS) is 14.4. The third-order valence-electron chi connectivity index (χ3n) is 7.24. The molecule has 1 N–H and O–H groups in total. The predicted molar refractivity (Wildman–Crippen MR) is 163 cm³/mol. The second kappa shape index (κ2) is 14.7. The summed E-state index contributed by atoms with van der Waals surface area (Å²) >= 11 is 7.06. The van der Waals surface area contributed by atoms with Gasteiger partial charge in [-0.3, -0.25) is 9.59 Å². The average molecular weight is 656 g/mol. The molecular weight excluding hydrogens is 620 g/mol. The van der Waals surface area contributed by atoms with Gasteiger partial charge in [-0.15, -0.1) is 0 Å². The van der Waals surface area contributed by atoms with Crippen LogP contribution in [-0.4, -0.2) is 35.4 Å². The van der Waals surface area contributed by atoms with Crippen molar-refractivity contribution in [3.63, 3.8) is 0 Å². The van der Waals surface area contributed by atoms with E-state index in [1.165, 1.54) is 12.0 Å². The van der Waals surface area contributed by atoms with Crippen LogP contribution in [0.4, 0.5) is 0 Å². The summed E-state index contributed by atoms with van der Waals surface area (Å²) in [5.41, 5.74) is 3.14. The van der Waals surface area contributed by atoms with Crippen molar-refractivity contribution in [3.05, 3.63) is 98.4 Å². The van der Waals surface area contributed by atoms with E-state index in [4.69, 9.17) is 4.74 Å². The summed E-state index contributed by atoms with van der Waals surface area (Å²) in [6.45, 7) is 2.24. The van der Waals surface area contributed by atoms with Crippen molar-refractivity contribution in [1.82, 2.24) is 10.2 Å². The second-order valence-corrected chi connectivity index (χ2v) is 11.9. The number of ether oxygens (including phenoxy) is 1. The van der Waals surface area contributed by atoms with Crippen LogP contribution in [0.3, 0.4) is 0 Å². The second-order valence-electron chi connectivity index (χ2n) is 10.1. The van der Waals surface area contributed by atoms with E-state index in [2.05, 4.69) is 44.1 Å². The Labute approximate surface area is 248 Å². The molecule has 206 valence electrons. The van der Waals surface area contributed by atoms with E-state index in [0.717, 1.165) is 52.2 Å². The summed E-state index contributed by atoms with van der Waals surface area (Å²) in [4.78, 5) is 29.4. The molecule has 1 atom stereocenters. The van der Waals surface area contributed by atoms with Crippen molar-refractivity contribution < 1.29 is 14.3 Å². The van der Waals surface area contributed by atoms with E-state index in [-0.39, 0.29) is 24.5 Å². The molecule has 0 radical (unpaired) electrons. The first-order valence-electron chi connectivity index (χ1n) is 13.7. The van der Waals surface area contributed by atoms with Gasteiger partial charge in [-0.2, -0.15) is 0 Å². The Bertz CT molecular complexity index is 1230. The Morgan fingerprint density at radius 1 is 0.923 bits per heavy atom. The third kappa shape index (κ3) is 8.67. The number of amides is 2. The summed E-state index contributed by atoms with van der Waals surface area (Å²) in [5.74, 6) is 0.268. The minimum atomic E-state index is -0.667. The molecule has 1 aliphatic rings. The van der Waals surface area contributed by atoms with Gasteiger partial charge in [-0.25, -0.2) is 0 Å². The maximum atomic E-state index is 13.8. The van der Waals surface area contributed by atoms with Gasteiger partial charge in [0.15, 0.2) is 6.61 Å². The summed E-state index contributed by atoms with van der Waals surface area (Å²) in [5, 5.41) is 3.28. The lowest BCUT2D eigenvalue weighted by Gasteiger charge is -2.33. The van der Waals surface area contributed by atoms with Gasteiger partial charge in [0.1, 0.15) is 11.8 Å². The zero-order chi connectivity index (χ0) is 27.6. The minimum absolute atomic E-state index is 0.107. The van der Waals surface area contributed by atoms with Gasteiger partial charge >= 0.3 is 0 Å². The molecule has 7 heteroatoms. The smallest absolute Gasteiger partial charge is 0.261 e. The van der Waals surface area contributed by atoms with Crippen LogP contribution >= 0.6 is 31.9 Å². The lowest BCUT2D eigenvalue weighted by molar-refractivity contribution is -0.143. The first kappa shape index (κ1) is 29.3. The number of benzene rings is 3. The van der Waals surface area contributed by atoms with Gasteiger partial charge in [-0.1, -0.05) is 90.6 Å². The Morgan fingerprint density at radius 2 is 1.62 bits per heavy atom. The fourth-order valence-corrected chi connectivity index (χ4v) is 5.79. The molecule has 0 spiro atoms. The lowest BCUT2D eigenvalue weighted by atomic mass is 9.94. The molecule has 39 heavy (non-hydrogen) atoms. The van der Waals surface area contributed by atoms with E-state index in [0.29, 0.717) is 18.7 Å². The number of carbonyl (C=O) groups is 2. The van der Waals surface area contributed by atoms with Crippen LogP contribution in [-0.2, 0) is 29.0 Å². The number of nitrogens with one attached hydrogen (secondary N) is 1. The first-order valence-corrected chi connectivity index (χ1v) is 15.3. The zero-order valence-corrected chi connectivity index (χ0v) is 25.5. The monoisotopic (exact) mass is 654 g/mol. The van der Waals surface area contributed by atoms with Crippen LogP contribution in [0, 0.1) is 0 Å². The van der Waals surface area contributed by atoms with Crippen LogP contribution < -0.4 is 10.1 Å². The number of aryl methyl sites for hydroxylation is 1. The Morgan fingerprint density at radius 3 is 2.28 bits per heavy atom. The van der Waals surface area contributed by atoms with Crippen molar-refractivity contribution in [1.29, 1.82) is 0 Å². The van der Waals surface area contributed by atoms with Crippen molar-refractivity contribution in [3.8, 4) is 5.75 Å². The lowest BCUT2D eigenvalue weighted by Crippen LogP contribution is -2.53.